The third kappa shape index (κ3) is 3.50. The van der Waals surface area contributed by atoms with Gasteiger partial charge in [-0.15, -0.1) is 5.10 Å². The maximum atomic E-state index is 12.9. The van der Waals surface area contributed by atoms with Gasteiger partial charge in [0.05, 0.1) is 32.5 Å². The predicted octanol–water partition coefficient (Wildman–Crippen LogP) is 1.65. The molecule has 1 atom stereocenters. The van der Waals surface area contributed by atoms with Gasteiger partial charge in [-0.3, -0.25) is 4.79 Å². The van der Waals surface area contributed by atoms with Crippen LogP contribution in [0.3, 0.4) is 0 Å². The van der Waals surface area contributed by atoms with Crippen LogP contribution in [-0.4, -0.2) is 49.9 Å². The second kappa shape index (κ2) is 7.80. The summed E-state index contributed by atoms with van der Waals surface area (Å²) in [6.45, 7) is 1.53. The summed E-state index contributed by atoms with van der Waals surface area (Å²) in [7, 11) is 1.58. The highest BCUT2D eigenvalue weighted by molar-refractivity contribution is 5.95. The fourth-order valence-corrected chi connectivity index (χ4v) is 3.87. The Labute approximate surface area is 177 Å². The fraction of sp³-hybridized carbons (Fsp3) is 0.286. The lowest BCUT2D eigenvalue weighted by atomic mass is 10.1. The first kappa shape index (κ1) is 19.2. The van der Waals surface area contributed by atoms with Gasteiger partial charge in [0.2, 0.25) is 5.95 Å². The zero-order valence-corrected chi connectivity index (χ0v) is 16.9. The Bertz CT molecular complexity index is 1310. The Morgan fingerprint density at radius 3 is 2.97 bits per heavy atom. The lowest BCUT2D eigenvalue weighted by molar-refractivity contribution is 0.186. The monoisotopic (exact) mass is 419 g/mol. The van der Waals surface area contributed by atoms with Crippen molar-refractivity contribution in [2.24, 2.45) is 0 Å². The summed E-state index contributed by atoms with van der Waals surface area (Å²) < 4.78 is 14.2. The van der Waals surface area contributed by atoms with Crippen molar-refractivity contribution >= 4 is 16.9 Å². The van der Waals surface area contributed by atoms with E-state index >= 15 is 0 Å². The SMILES string of the molecule is COc1cccc2c(-c3cn(Cc4cccn([C@@H]5CCOC5)c4=O)nn3)nc(N)nc12. The van der Waals surface area contributed by atoms with Gasteiger partial charge in [-0.1, -0.05) is 23.4 Å². The molecular formula is C21H21N7O3. The number of para-hydroxylation sites is 1. The molecule has 0 bridgehead atoms. The molecule has 1 aliphatic heterocycles. The molecule has 3 aromatic heterocycles. The van der Waals surface area contributed by atoms with Crippen LogP contribution in [-0.2, 0) is 11.3 Å². The average Bonchev–Trinajstić information content (AvgIpc) is 3.47. The number of nitrogens with two attached hydrogens (primary N) is 1. The van der Waals surface area contributed by atoms with E-state index in [2.05, 4.69) is 20.3 Å². The van der Waals surface area contributed by atoms with Crippen LogP contribution < -0.4 is 16.0 Å². The number of methoxy groups -OCH3 is 1. The summed E-state index contributed by atoms with van der Waals surface area (Å²) in [5.74, 6) is 0.715. The van der Waals surface area contributed by atoms with Gasteiger partial charge < -0.3 is 19.8 Å². The van der Waals surface area contributed by atoms with Crippen molar-refractivity contribution in [3.05, 3.63) is 58.6 Å². The summed E-state index contributed by atoms with van der Waals surface area (Å²) in [5, 5.41) is 9.21. The minimum absolute atomic E-state index is 0.0449. The van der Waals surface area contributed by atoms with Gasteiger partial charge in [0.25, 0.3) is 5.56 Å². The van der Waals surface area contributed by atoms with Crippen molar-refractivity contribution in [3.63, 3.8) is 0 Å². The van der Waals surface area contributed by atoms with Gasteiger partial charge in [-0.2, -0.15) is 0 Å². The molecule has 10 nitrogen and oxygen atoms in total. The van der Waals surface area contributed by atoms with Crippen molar-refractivity contribution in [1.82, 2.24) is 29.5 Å². The minimum atomic E-state index is -0.0449. The Balaban J connectivity index is 1.49. The van der Waals surface area contributed by atoms with E-state index in [1.807, 2.05) is 24.3 Å². The van der Waals surface area contributed by atoms with Crippen LogP contribution in [0.5, 0.6) is 5.75 Å². The molecule has 1 aromatic carbocycles. The predicted molar refractivity (Wildman–Crippen MR) is 114 cm³/mol. The number of aromatic nitrogens is 6. The second-order valence-electron chi connectivity index (χ2n) is 7.35. The molecule has 31 heavy (non-hydrogen) atoms. The van der Waals surface area contributed by atoms with Gasteiger partial charge in [0, 0.05) is 23.8 Å². The number of hydrogen-bond donors (Lipinski definition) is 1. The highest BCUT2D eigenvalue weighted by atomic mass is 16.5. The molecule has 0 radical (unpaired) electrons. The molecule has 0 saturated carbocycles. The van der Waals surface area contributed by atoms with Crippen LogP contribution in [0.4, 0.5) is 5.95 Å². The van der Waals surface area contributed by atoms with Gasteiger partial charge in [0.1, 0.15) is 22.7 Å². The summed E-state index contributed by atoms with van der Waals surface area (Å²) in [5.41, 5.74) is 8.20. The van der Waals surface area contributed by atoms with Gasteiger partial charge >= 0.3 is 0 Å². The van der Waals surface area contributed by atoms with Gasteiger partial charge in [-0.05, 0) is 18.6 Å². The van der Waals surface area contributed by atoms with E-state index in [1.54, 1.807) is 34.8 Å². The lowest BCUT2D eigenvalue weighted by Gasteiger charge is -2.13. The second-order valence-corrected chi connectivity index (χ2v) is 7.35. The molecule has 1 fully saturated rings. The zero-order chi connectivity index (χ0) is 21.4. The Kier molecular flexibility index (Phi) is 4.83. The maximum absolute atomic E-state index is 12.9. The highest BCUT2D eigenvalue weighted by Crippen LogP contribution is 2.30. The van der Waals surface area contributed by atoms with E-state index in [-0.39, 0.29) is 17.5 Å². The van der Waals surface area contributed by atoms with E-state index in [4.69, 9.17) is 15.2 Å². The van der Waals surface area contributed by atoms with Gasteiger partial charge in [-0.25, -0.2) is 14.6 Å². The Hall–Kier alpha value is -3.79. The molecule has 10 heteroatoms. The first-order chi connectivity index (χ1) is 15.1. The number of pyridine rings is 1. The molecule has 4 heterocycles. The van der Waals surface area contributed by atoms with Crippen molar-refractivity contribution < 1.29 is 9.47 Å². The van der Waals surface area contributed by atoms with Crippen LogP contribution >= 0.6 is 0 Å². The molecule has 0 aliphatic carbocycles. The van der Waals surface area contributed by atoms with Crippen LogP contribution in [0.25, 0.3) is 22.3 Å². The first-order valence-corrected chi connectivity index (χ1v) is 9.92. The molecule has 0 amide bonds. The number of nitrogens with zero attached hydrogens (tertiary/aromatic N) is 6. The smallest absolute Gasteiger partial charge is 0.255 e. The summed E-state index contributed by atoms with van der Waals surface area (Å²) in [4.78, 5) is 21.6. The first-order valence-electron chi connectivity index (χ1n) is 9.92. The number of benzene rings is 1. The van der Waals surface area contributed by atoms with E-state index in [0.717, 1.165) is 11.8 Å². The molecule has 4 aromatic rings. The fourth-order valence-electron chi connectivity index (χ4n) is 3.87. The standard InChI is InChI=1S/C21H21N7O3/c1-30-17-6-2-5-15-18(23-21(22)24-19(15)17)16-11-27(26-25-16)10-13-4-3-8-28(20(13)29)14-7-9-31-12-14/h2-6,8,11,14H,7,9-10,12H2,1H3,(H2,22,23,24)/t14-/m1/s1. The molecule has 2 N–H and O–H groups in total. The average molecular weight is 419 g/mol. The molecular weight excluding hydrogens is 398 g/mol. The van der Waals surface area contributed by atoms with E-state index in [0.29, 0.717) is 48.0 Å². The summed E-state index contributed by atoms with van der Waals surface area (Å²) in [6.07, 6.45) is 4.39. The van der Waals surface area contributed by atoms with Crippen molar-refractivity contribution in [3.8, 4) is 17.1 Å². The van der Waals surface area contributed by atoms with Crippen LogP contribution in [0.2, 0.25) is 0 Å². The van der Waals surface area contributed by atoms with E-state index in [9.17, 15) is 4.79 Å². The number of rotatable bonds is 5. The number of fused-ring (bicyclic) bond motifs is 1. The van der Waals surface area contributed by atoms with E-state index in [1.165, 1.54) is 0 Å². The third-order valence-electron chi connectivity index (χ3n) is 5.39. The number of ether oxygens (including phenoxy) is 2. The zero-order valence-electron chi connectivity index (χ0n) is 16.9. The normalized spacial score (nSPS) is 16.1. The third-order valence-corrected chi connectivity index (χ3v) is 5.39. The summed E-state index contributed by atoms with van der Waals surface area (Å²) >= 11 is 0. The van der Waals surface area contributed by atoms with Gasteiger partial charge in [0.15, 0.2) is 0 Å². The van der Waals surface area contributed by atoms with Crippen LogP contribution in [0, 0.1) is 0 Å². The van der Waals surface area contributed by atoms with Crippen LogP contribution in [0.15, 0.2) is 47.5 Å². The van der Waals surface area contributed by atoms with Crippen LogP contribution in [0.1, 0.15) is 18.0 Å². The van der Waals surface area contributed by atoms with Crippen molar-refractivity contribution in [2.75, 3.05) is 26.1 Å². The Morgan fingerprint density at radius 2 is 2.16 bits per heavy atom. The quantitative estimate of drug-likeness (QED) is 0.518. The number of anilines is 1. The number of nitrogen functional groups attached to an aromatic ring is 1. The minimum Gasteiger partial charge on any atom is -0.494 e. The topological polar surface area (TPSA) is 123 Å². The van der Waals surface area contributed by atoms with Crippen molar-refractivity contribution in [1.29, 1.82) is 0 Å². The molecule has 5 rings (SSSR count). The maximum Gasteiger partial charge on any atom is 0.255 e. The molecule has 1 aliphatic rings. The lowest BCUT2D eigenvalue weighted by Crippen LogP contribution is -2.28. The molecule has 0 spiro atoms. The largest absolute Gasteiger partial charge is 0.494 e. The van der Waals surface area contributed by atoms with Crippen molar-refractivity contribution in [2.45, 2.75) is 19.0 Å². The highest BCUT2D eigenvalue weighted by Gasteiger charge is 2.20. The Morgan fingerprint density at radius 1 is 1.26 bits per heavy atom. The van der Waals surface area contributed by atoms with E-state index < -0.39 is 0 Å². The molecule has 158 valence electrons. The summed E-state index contributed by atoms with van der Waals surface area (Å²) in [6, 6.07) is 9.30. The molecule has 1 saturated heterocycles. The number of hydrogen-bond acceptors (Lipinski definition) is 8. The molecule has 0 unspecified atom stereocenters.